The third-order valence-electron chi connectivity index (χ3n) is 5.33. The Bertz CT molecular complexity index is 1330. The first-order valence-corrected chi connectivity index (χ1v) is 12.3. The molecule has 0 aliphatic heterocycles. The molecule has 0 saturated carbocycles. The lowest BCUT2D eigenvalue weighted by Crippen LogP contribution is -2.11. The topological polar surface area (TPSA) is 108 Å². The standard InChI is InChI=1S/C25H23FN2O2S.C2H7NO/c1-25(2,3)17-7-10-20(11-8-17)31(30)28-19-9-12-22-21(14-19)24(23(15-29)27-22)16-5-4-6-18(26)13-16;3-1-2-4/h4-15,27-28H,1-3H3;4H,1-3H2. The highest BCUT2D eigenvalue weighted by Gasteiger charge is 2.16. The van der Waals surface area contributed by atoms with E-state index in [9.17, 15) is 13.4 Å². The van der Waals surface area contributed by atoms with Crippen molar-refractivity contribution < 1.29 is 18.5 Å². The fourth-order valence-corrected chi connectivity index (χ4v) is 4.41. The van der Waals surface area contributed by atoms with Crippen molar-refractivity contribution in [2.75, 3.05) is 17.9 Å². The molecule has 0 radical (unpaired) electrons. The number of carbonyl (C=O) groups excluding carboxylic acids is 1. The summed E-state index contributed by atoms with van der Waals surface area (Å²) in [5, 5.41) is 8.50. The Labute approximate surface area is 207 Å². The second kappa shape index (κ2) is 11.4. The van der Waals surface area contributed by atoms with Gasteiger partial charge in [0.25, 0.3) is 0 Å². The van der Waals surface area contributed by atoms with Crippen LogP contribution in [0.15, 0.2) is 71.6 Å². The Kier molecular flexibility index (Phi) is 8.56. The fraction of sp³-hybridized carbons (Fsp3) is 0.222. The molecule has 0 aliphatic rings. The minimum atomic E-state index is -1.45. The Balaban J connectivity index is 0.000000795. The molecule has 3 aromatic carbocycles. The minimum Gasteiger partial charge on any atom is -0.395 e. The maximum Gasteiger partial charge on any atom is 0.166 e. The van der Waals surface area contributed by atoms with Crippen LogP contribution in [0.1, 0.15) is 36.8 Å². The molecule has 0 bridgehead atoms. The molecule has 1 heterocycles. The lowest BCUT2D eigenvalue weighted by Gasteiger charge is -2.19. The zero-order valence-electron chi connectivity index (χ0n) is 20.0. The molecule has 35 heavy (non-hydrogen) atoms. The number of hydrogen-bond acceptors (Lipinski definition) is 4. The van der Waals surface area contributed by atoms with Crippen LogP contribution in [-0.4, -0.2) is 33.7 Å². The number of nitrogens with two attached hydrogens (primary N) is 1. The van der Waals surface area contributed by atoms with E-state index in [1.54, 1.807) is 18.2 Å². The highest BCUT2D eigenvalue weighted by atomic mass is 32.2. The number of fused-ring (bicyclic) bond motifs is 1. The molecule has 0 aliphatic carbocycles. The summed E-state index contributed by atoms with van der Waals surface area (Å²) >= 11 is 0. The molecular formula is C27H30FN3O3S. The maximum atomic E-state index is 13.8. The van der Waals surface area contributed by atoms with Gasteiger partial charge in [-0.3, -0.25) is 4.79 Å². The van der Waals surface area contributed by atoms with Gasteiger partial charge in [-0.2, -0.15) is 0 Å². The third-order valence-corrected chi connectivity index (χ3v) is 6.45. The number of aldehydes is 1. The van der Waals surface area contributed by atoms with E-state index in [2.05, 4.69) is 30.5 Å². The van der Waals surface area contributed by atoms with Crippen molar-refractivity contribution in [3.63, 3.8) is 0 Å². The summed E-state index contributed by atoms with van der Waals surface area (Å²) in [4.78, 5) is 15.3. The van der Waals surface area contributed by atoms with E-state index in [-0.39, 0.29) is 17.8 Å². The predicted molar refractivity (Wildman–Crippen MR) is 140 cm³/mol. The quantitative estimate of drug-likeness (QED) is 0.277. The molecule has 4 aromatic rings. The van der Waals surface area contributed by atoms with E-state index < -0.39 is 11.0 Å². The van der Waals surface area contributed by atoms with Gasteiger partial charge in [-0.05, 0) is 59.0 Å². The molecule has 0 fully saturated rings. The summed E-state index contributed by atoms with van der Waals surface area (Å²) in [5.74, 6) is -0.377. The first-order chi connectivity index (χ1) is 16.7. The smallest absolute Gasteiger partial charge is 0.166 e. The molecule has 1 aromatic heterocycles. The zero-order valence-corrected chi connectivity index (χ0v) is 20.8. The Morgan fingerprint density at radius 3 is 2.34 bits per heavy atom. The number of rotatable bonds is 6. The second-order valence-electron chi connectivity index (χ2n) is 8.96. The number of benzene rings is 3. The van der Waals surface area contributed by atoms with Gasteiger partial charge in [0, 0.05) is 28.7 Å². The van der Waals surface area contributed by atoms with E-state index in [1.807, 2.05) is 36.4 Å². The number of aliphatic hydroxyl groups is 1. The van der Waals surface area contributed by atoms with Gasteiger partial charge in [-0.1, -0.05) is 45.0 Å². The van der Waals surface area contributed by atoms with Crippen molar-refractivity contribution in [2.24, 2.45) is 5.73 Å². The van der Waals surface area contributed by atoms with Gasteiger partial charge in [0.2, 0.25) is 0 Å². The van der Waals surface area contributed by atoms with Crippen molar-refractivity contribution in [1.29, 1.82) is 0 Å². The first kappa shape index (κ1) is 26.3. The average molecular weight is 496 g/mol. The molecule has 8 heteroatoms. The van der Waals surface area contributed by atoms with Crippen molar-refractivity contribution >= 4 is 33.9 Å². The van der Waals surface area contributed by atoms with Crippen molar-refractivity contribution in [3.8, 4) is 11.1 Å². The summed E-state index contributed by atoms with van der Waals surface area (Å²) in [6, 6.07) is 19.3. The van der Waals surface area contributed by atoms with Crippen molar-refractivity contribution in [2.45, 2.75) is 31.1 Å². The zero-order chi connectivity index (χ0) is 25.6. The summed E-state index contributed by atoms with van der Waals surface area (Å²) in [7, 11) is -1.45. The highest BCUT2D eigenvalue weighted by molar-refractivity contribution is 7.86. The van der Waals surface area contributed by atoms with Crippen molar-refractivity contribution in [1.82, 2.24) is 4.98 Å². The van der Waals surface area contributed by atoms with Crippen molar-refractivity contribution in [3.05, 3.63) is 83.8 Å². The van der Waals surface area contributed by atoms with Crippen LogP contribution in [0.5, 0.6) is 0 Å². The molecular weight excluding hydrogens is 465 g/mol. The summed E-state index contributed by atoms with van der Waals surface area (Å²) in [6.45, 7) is 6.87. The molecule has 0 spiro atoms. The molecule has 184 valence electrons. The maximum absolute atomic E-state index is 13.8. The number of carbonyl (C=O) groups is 1. The number of aromatic nitrogens is 1. The molecule has 0 saturated heterocycles. The van der Waals surface area contributed by atoms with Crippen LogP contribution in [0.2, 0.25) is 0 Å². The number of nitrogens with one attached hydrogen (secondary N) is 2. The van der Waals surface area contributed by atoms with Crippen LogP contribution < -0.4 is 10.5 Å². The van der Waals surface area contributed by atoms with E-state index in [1.165, 1.54) is 17.7 Å². The van der Waals surface area contributed by atoms with Crippen LogP contribution in [0, 0.1) is 5.82 Å². The molecule has 0 amide bonds. The van der Waals surface area contributed by atoms with Crippen LogP contribution in [0.4, 0.5) is 10.1 Å². The number of hydrogen-bond donors (Lipinski definition) is 4. The molecule has 4 rings (SSSR count). The summed E-state index contributed by atoms with van der Waals surface area (Å²) < 4.78 is 29.7. The van der Waals surface area contributed by atoms with Gasteiger partial charge in [-0.15, -0.1) is 0 Å². The van der Waals surface area contributed by atoms with E-state index in [0.717, 1.165) is 17.2 Å². The summed E-state index contributed by atoms with van der Waals surface area (Å²) in [6.07, 6.45) is 0.724. The molecule has 5 N–H and O–H groups in total. The number of aromatic amines is 1. The van der Waals surface area contributed by atoms with Crippen LogP contribution in [0.3, 0.4) is 0 Å². The largest absolute Gasteiger partial charge is 0.395 e. The van der Waals surface area contributed by atoms with E-state index >= 15 is 0 Å². The normalized spacial score (nSPS) is 12.1. The fourth-order valence-electron chi connectivity index (χ4n) is 3.56. The van der Waals surface area contributed by atoms with Crippen LogP contribution >= 0.6 is 0 Å². The average Bonchev–Trinajstić information content (AvgIpc) is 3.21. The Morgan fingerprint density at radius 2 is 1.77 bits per heavy atom. The molecule has 1 atom stereocenters. The Hall–Kier alpha value is -3.33. The predicted octanol–water partition coefficient (Wildman–Crippen LogP) is 5.16. The minimum absolute atomic E-state index is 0.0242. The van der Waals surface area contributed by atoms with E-state index in [4.69, 9.17) is 10.8 Å². The summed E-state index contributed by atoms with van der Waals surface area (Å²) in [5.41, 5.74) is 8.95. The molecule has 6 nitrogen and oxygen atoms in total. The lowest BCUT2D eigenvalue weighted by molar-refractivity contribution is 0.112. The first-order valence-electron chi connectivity index (χ1n) is 11.1. The van der Waals surface area contributed by atoms with Crippen LogP contribution in [0.25, 0.3) is 22.0 Å². The van der Waals surface area contributed by atoms with E-state index in [0.29, 0.717) is 33.9 Å². The van der Waals surface area contributed by atoms with Gasteiger partial charge in [-0.25, -0.2) is 8.60 Å². The number of halogens is 1. The van der Waals surface area contributed by atoms with Gasteiger partial charge in [0.15, 0.2) is 6.29 Å². The SMILES string of the molecule is CC(C)(C)c1ccc(S(=O)Nc2ccc3[nH]c(C=O)c(-c4cccc(F)c4)c3c2)cc1.NCCO. The molecule has 1 unspecified atom stereocenters. The van der Waals surface area contributed by atoms with Gasteiger partial charge < -0.3 is 20.5 Å². The second-order valence-corrected chi connectivity index (χ2v) is 10.2. The highest BCUT2D eigenvalue weighted by Crippen LogP contribution is 2.34. The lowest BCUT2D eigenvalue weighted by atomic mass is 9.87. The number of H-pyrrole nitrogens is 1. The van der Waals surface area contributed by atoms with Crippen LogP contribution in [-0.2, 0) is 16.4 Å². The van der Waals surface area contributed by atoms with Gasteiger partial charge in [0.05, 0.1) is 17.2 Å². The third kappa shape index (κ3) is 6.42. The monoisotopic (exact) mass is 495 g/mol. The number of aliphatic hydroxyl groups excluding tert-OH is 1. The van der Waals surface area contributed by atoms with Gasteiger partial charge >= 0.3 is 0 Å². The van der Waals surface area contributed by atoms with Gasteiger partial charge in [0.1, 0.15) is 16.8 Å². The Morgan fingerprint density at radius 1 is 1.09 bits per heavy atom. The number of anilines is 1.